The van der Waals surface area contributed by atoms with Crippen LogP contribution in [0.5, 0.6) is 11.5 Å². The minimum absolute atomic E-state index is 0.0247. The van der Waals surface area contributed by atoms with Crippen LogP contribution >= 0.6 is 0 Å². The Balaban J connectivity index is 2.67. The maximum absolute atomic E-state index is 11.7. The van der Waals surface area contributed by atoms with Gasteiger partial charge in [-0.05, 0) is 31.8 Å². The van der Waals surface area contributed by atoms with Crippen LogP contribution in [0.25, 0.3) is 0 Å². The Morgan fingerprint density at radius 1 is 1.24 bits per heavy atom. The van der Waals surface area contributed by atoms with E-state index in [0.717, 1.165) is 0 Å². The molecule has 4 N–H and O–H groups in total. The van der Waals surface area contributed by atoms with Crippen molar-refractivity contribution in [3.63, 3.8) is 0 Å². The summed E-state index contributed by atoms with van der Waals surface area (Å²) in [6.07, 6.45) is 0.231. The van der Waals surface area contributed by atoms with Crippen LogP contribution in [0.4, 0.5) is 0 Å². The zero-order valence-electron chi connectivity index (χ0n) is 12.0. The number of carboxylic acid groups (broad SMARTS) is 1. The highest BCUT2D eigenvalue weighted by atomic mass is 16.4. The molecule has 0 radical (unpaired) electrons. The van der Waals surface area contributed by atoms with E-state index in [9.17, 15) is 19.8 Å². The number of nitrogens with one attached hydrogen (secondary N) is 1. The van der Waals surface area contributed by atoms with Crippen molar-refractivity contribution < 1.29 is 24.9 Å². The third kappa shape index (κ3) is 5.70. The number of carbonyl (C=O) groups is 2. The van der Waals surface area contributed by atoms with Gasteiger partial charge in [-0.2, -0.15) is 0 Å². The van der Waals surface area contributed by atoms with Crippen molar-refractivity contribution in [2.24, 2.45) is 0 Å². The minimum atomic E-state index is -1.15. The lowest BCUT2D eigenvalue weighted by atomic mass is 10.1. The zero-order chi connectivity index (χ0) is 16.0. The second-order valence-corrected chi connectivity index (χ2v) is 5.04. The van der Waals surface area contributed by atoms with Crippen molar-refractivity contribution in [2.45, 2.75) is 18.9 Å². The summed E-state index contributed by atoms with van der Waals surface area (Å²) in [5.74, 6) is -2.10. The van der Waals surface area contributed by atoms with E-state index in [-0.39, 0.29) is 30.2 Å². The Morgan fingerprint density at radius 2 is 1.90 bits per heavy atom. The van der Waals surface area contributed by atoms with Gasteiger partial charge in [-0.25, -0.2) is 4.79 Å². The fourth-order valence-electron chi connectivity index (χ4n) is 1.72. The summed E-state index contributed by atoms with van der Waals surface area (Å²) in [6, 6.07) is 2.97. The predicted molar refractivity (Wildman–Crippen MR) is 76.2 cm³/mol. The molecule has 0 bridgehead atoms. The van der Waals surface area contributed by atoms with Crippen LogP contribution in [-0.4, -0.2) is 58.8 Å². The first-order valence-electron chi connectivity index (χ1n) is 6.47. The van der Waals surface area contributed by atoms with Crippen molar-refractivity contribution in [2.75, 3.05) is 20.6 Å². The molecule has 116 valence electrons. The average Bonchev–Trinajstić information content (AvgIpc) is 2.39. The van der Waals surface area contributed by atoms with Crippen LogP contribution in [0.15, 0.2) is 18.2 Å². The molecule has 0 saturated heterocycles. The number of hydrogen-bond donors (Lipinski definition) is 4. The third-order valence-corrected chi connectivity index (χ3v) is 2.90. The van der Waals surface area contributed by atoms with Crippen LogP contribution in [0.2, 0.25) is 0 Å². The summed E-state index contributed by atoms with van der Waals surface area (Å²) in [5, 5.41) is 30.2. The summed E-state index contributed by atoms with van der Waals surface area (Å²) < 4.78 is 0. The lowest BCUT2D eigenvalue weighted by Crippen LogP contribution is -2.43. The molecule has 7 nitrogen and oxygen atoms in total. The molecule has 21 heavy (non-hydrogen) atoms. The van der Waals surface area contributed by atoms with Gasteiger partial charge in [0.2, 0.25) is 5.91 Å². The van der Waals surface area contributed by atoms with Gasteiger partial charge < -0.3 is 25.5 Å². The molecule has 1 unspecified atom stereocenters. The Labute approximate surface area is 122 Å². The van der Waals surface area contributed by atoms with E-state index in [1.54, 1.807) is 0 Å². The van der Waals surface area contributed by atoms with Crippen LogP contribution in [0.1, 0.15) is 12.0 Å². The number of phenolic OH excluding ortho intramolecular Hbond substituents is 2. The first-order valence-corrected chi connectivity index (χ1v) is 6.47. The molecule has 0 heterocycles. The van der Waals surface area contributed by atoms with E-state index in [4.69, 9.17) is 5.11 Å². The number of aromatic hydroxyl groups is 2. The highest BCUT2D eigenvalue weighted by molar-refractivity contribution is 5.83. The van der Waals surface area contributed by atoms with Crippen LogP contribution < -0.4 is 5.32 Å². The average molecular weight is 296 g/mol. The van der Waals surface area contributed by atoms with E-state index in [1.807, 2.05) is 19.0 Å². The van der Waals surface area contributed by atoms with E-state index < -0.39 is 12.0 Å². The van der Waals surface area contributed by atoms with Gasteiger partial charge >= 0.3 is 5.97 Å². The highest BCUT2D eigenvalue weighted by Crippen LogP contribution is 2.25. The first kappa shape index (κ1) is 16.8. The Hall–Kier alpha value is -2.28. The number of carbonyl (C=O) groups excluding carboxylic acids is 1. The molecule has 1 atom stereocenters. The fraction of sp³-hybridized carbons (Fsp3) is 0.429. The zero-order valence-corrected chi connectivity index (χ0v) is 12.0. The topological polar surface area (TPSA) is 110 Å². The quantitative estimate of drug-likeness (QED) is 0.534. The van der Waals surface area contributed by atoms with Crippen LogP contribution in [-0.2, 0) is 16.0 Å². The molecule has 0 aromatic heterocycles. The van der Waals surface area contributed by atoms with Gasteiger partial charge in [0.25, 0.3) is 0 Å². The molecule has 0 fully saturated rings. The van der Waals surface area contributed by atoms with Crippen molar-refractivity contribution in [3.05, 3.63) is 23.8 Å². The van der Waals surface area contributed by atoms with E-state index in [0.29, 0.717) is 12.1 Å². The van der Waals surface area contributed by atoms with E-state index in [1.165, 1.54) is 18.2 Å². The Morgan fingerprint density at radius 3 is 2.43 bits per heavy atom. The summed E-state index contributed by atoms with van der Waals surface area (Å²) in [6.45, 7) is 0.526. The van der Waals surface area contributed by atoms with Crippen molar-refractivity contribution in [1.29, 1.82) is 0 Å². The fourth-order valence-corrected chi connectivity index (χ4v) is 1.72. The summed E-state index contributed by atoms with van der Waals surface area (Å²) in [7, 11) is 3.64. The molecule has 0 aliphatic rings. The number of carboxylic acids is 1. The van der Waals surface area contributed by atoms with Gasteiger partial charge in [0.1, 0.15) is 6.04 Å². The molecule has 1 aromatic rings. The van der Waals surface area contributed by atoms with Gasteiger partial charge in [0.05, 0.1) is 0 Å². The molecular weight excluding hydrogens is 276 g/mol. The minimum Gasteiger partial charge on any atom is -0.504 e. The van der Waals surface area contributed by atoms with Gasteiger partial charge in [0.15, 0.2) is 11.5 Å². The normalized spacial score (nSPS) is 12.1. The van der Waals surface area contributed by atoms with E-state index in [2.05, 4.69) is 5.32 Å². The highest BCUT2D eigenvalue weighted by Gasteiger charge is 2.20. The van der Waals surface area contributed by atoms with Gasteiger partial charge in [-0.15, -0.1) is 0 Å². The molecule has 1 amide bonds. The third-order valence-electron chi connectivity index (χ3n) is 2.90. The number of aliphatic carboxylic acids is 1. The second-order valence-electron chi connectivity index (χ2n) is 5.04. The van der Waals surface area contributed by atoms with Crippen LogP contribution in [0.3, 0.4) is 0 Å². The molecule has 0 aliphatic carbocycles. The van der Waals surface area contributed by atoms with Gasteiger partial charge in [-0.1, -0.05) is 6.07 Å². The SMILES string of the molecule is CN(C)CCC(=O)NC(Cc1ccc(O)c(O)c1)C(=O)O. The maximum atomic E-state index is 11.7. The largest absolute Gasteiger partial charge is 0.504 e. The molecular formula is C14H20N2O5. The number of rotatable bonds is 7. The number of phenols is 2. The Kier molecular flexibility index (Phi) is 5.98. The van der Waals surface area contributed by atoms with Crippen molar-refractivity contribution >= 4 is 11.9 Å². The standard InChI is InChI=1S/C14H20N2O5/c1-16(2)6-5-13(19)15-10(14(20)21)7-9-3-4-11(17)12(18)8-9/h3-4,8,10,17-18H,5-7H2,1-2H3,(H,15,19)(H,20,21). The Bertz CT molecular complexity index is 516. The molecule has 0 aliphatic heterocycles. The van der Waals surface area contributed by atoms with E-state index >= 15 is 0 Å². The first-order chi connectivity index (χ1) is 9.79. The van der Waals surface area contributed by atoms with Crippen LogP contribution in [0, 0.1) is 0 Å². The number of hydrogen-bond acceptors (Lipinski definition) is 5. The number of benzene rings is 1. The lowest BCUT2D eigenvalue weighted by Gasteiger charge is -2.16. The van der Waals surface area contributed by atoms with Gasteiger partial charge in [0, 0.05) is 19.4 Å². The molecule has 1 aromatic carbocycles. The molecule has 1 rings (SSSR count). The second kappa shape index (κ2) is 7.49. The molecule has 7 heteroatoms. The van der Waals surface area contributed by atoms with Gasteiger partial charge in [-0.3, -0.25) is 4.79 Å². The number of nitrogens with zero attached hydrogens (tertiary/aromatic N) is 1. The predicted octanol–water partition coefficient (Wildman–Crippen LogP) is 0.161. The molecule has 0 spiro atoms. The van der Waals surface area contributed by atoms with Crippen molar-refractivity contribution in [3.8, 4) is 11.5 Å². The summed E-state index contributed by atoms with van der Waals surface area (Å²) >= 11 is 0. The van der Waals surface area contributed by atoms with Crippen molar-refractivity contribution in [1.82, 2.24) is 10.2 Å². The summed E-state index contributed by atoms with van der Waals surface area (Å²) in [5.41, 5.74) is 0.505. The lowest BCUT2D eigenvalue weighted by molar-refractivity contribution is -0.141. The number of amides is 1. The molecule has 0 saturated carbocycles. The maximum Gasteiger partial charge on any atom is 0.326 e. The summed E-state index contributed by atoms with van der Waals surface area (Å²) in [4.78, 5) is 24.7. The smallest absolute Gasteiger partial charge is 0.326 e. The monoisotopic (exact) mass is 296 g/mol.